The SMILES string of the molecule is CCNC(CC1CCOCC1)c1cnccc1C. The first-order valence-electron chi connectivity index (χ1n) is 7.03. The fourth-order valence-electron chi connectivity index (χ4n) is 2.72. The van der Waals surface area contributed by atoms with Gasteiger partial charge in [0.1, 0.15) is 0 Å². The fraction of sp³-hybridized carbons (Fsp3) is 0.667. The van der Waals surface area contributed by atoms with Gasteiger partial charge in [-0.15, -0.1) is 0 Å². The monoisotopic (exact) mass is 248 g/mol. The summed E-state index contributed by atoms with van der Waals surface area (Å²) in [4.78, 5) is 4.28. The maximum absolute atomic E-state index is 5.44. The van der Waals surface area contributed by atoms with E-state index in [0.717, 1.165) is 25.7 Å². The molecule has 0 radical (unpaired) electrons. The van der Waals surface area contributed by atoms with Gasteiger partial charge in [0.15, 0.2) is 0 Å². The summed E-state index contributed by atoms with van der Waals surface area (Å²) < 4.78 is 5.44. The average Bonchev–Trinajstić information content (AvgIpc) is 2.40. The molecule has 1 atom stereocenters. The first kappa shape index (κ1) is 13.5. The Bertz CT molecular complexity index is 361. The van der Waals surface area contributed by atoms with Crippen molar-refractivity contribution in [2.24, 2.45) is 5.92 Å². The number of hydrogen-bond acceptors (Lipinski definition) is 3. The summed E-state index contributed by atoms with van der Waals surface area (Å²) in [6, 6.07) is 2.54. The molecule has 1 fully saturated rings. The molecule has 1 N–H and O–H groups in total. The van der Waals surface area contributed by atoms with Crippen LogP contribution in [0.3, 0.4) is 0 Å². The average molecular weight is 248 g/mol. The lowest BCUT2D eigenvalue weighted by Crippen LogP contribution is -2.26. The van der Waals surface area contributed by atoms with Gasteiger partial charge in [-0.1, -0.05) is 6.92 Å². The molecule has 1 saturated heterocycles. The maximum Gasteiger partial charge on any atom is 0.0468 e. The van der Waals surface area contributed by atoms with E-state index in [0.29, 0.717) is 6.04 Å². The van der Waals surface area contributed by atoms with Crippen molar-refractivity contribution in [1.82, 2.24) is 10.3 Å². The van der Waals surface area contributed by atoms with Crippen LogP contribution in [0.25, 0.3) is 0 Å². The molecule has 1 aliphatic rings. The van der Waals surface area contributed by atoms with E-state index in [1.165, 1.54) is 30.4 Å². The van der Waals surface area contributed by atoms with Gasteiger partial charge < -0.3 is 10.1 Å². The quantitative estimate of drug-likeness (QED) is 0.870. The van der Waals surface area contributed by atoms with Crippen LogP contribution in [0.2, 0.25) is 0 Å². The number of ether oxygens (including phenoxy) is 1. The zero-order chi connectivity index (χ0) is 12.8. The zero-order valence-electron chi connectivity index (χ0n) is 11.5. The molecule has 1 aromatic heterocycles. The lowest BCUT2D eigenvalue weighted by molar-refractivity contribution is 0.0605. The molecule has 100 valence electrons. The molecule has 18 heavy (non-hydrogen) atoms. The first-order valence-corrected chi connectivity index (χ1v) is 7.03. The second-order valence-corrected chi connectivity index (χ2v) is 5.13. The second kappa shape index (κ2) is 6.86. The van der Waals surface area contributed by atoms with E-state index in [4.69, 9.17) is 4.74 Å². The van der Waals surface area contributed by atoms with Crippen LogP contribution in [0.4, 0.5) is 0 Å². The molecule has 2 rings (SSSR count). The number of rotatable bonds is 5. The topological polar surface area (TPSA) is 34.1 Å². The molecule has 0 bridgehead atoms. The van der Waals surface area contributed by atoms with Crippen LogP contribution in [-0.4, -0.2) is 24.7 Å². The molecule has 0 amide bonds. The summed E-state index contributed by atoms with van der Waals surface area (Å²) in [6.07, 6.45) is 7.48. The van der Waals surface area contributed by atoms with E-state index < -0.39 is 0 Å². The van der Waals surface area contributed by atoms with Gasteiger partial charge in [-0.3, -0.25) is 4.98 Å². The lowest BCUT2D eigenvalue weighted by Gasteiger charge is -2.28. The van der Waals surface area contributed by atoms with Crippen LogP contribution >= 0.6 is 0 Å². The highest BCUT2D eigenvalue weighted by atomic mass is 16.5. The summed E-state index contributed by atoms with van der Waals surface area (Å²) >= 11 is 0. The van der Waals surface area contributed by atoms with Crippen LogP contribution in [0.5, 0.6) is 0 Å². The number of aryl methyl sites for hydroxylation is 1. The van der Waals surface area contributed by atoms with Gasteiger partial charge in [-0.25, -0.2) is 0 Å². The Kier molecular flexibility index (Phi) is 5.14. The Balaban J connectivity index is 2.05. The molecule has 1 aliphatic heterocycles. The van der Waals surface area contributed by atoms with E-state index in [9.17, 15) is 0 Å². The Hall–Kier alpha value is -0.930. The minimum absolute atomic E-state index is 0.437. The molecule has 0 aromatic carbocycles. The van der Waals surface area contributed by atoms with Gasteiger partial charge in [0, 0.05) is 31.6 Å². The molecule has 0 saturated carbocycles. The Labute approximate surface area is 110 Å². The van der Waals surface area contributed by atoms with Crippen molar-refractivity contribution < 1.29 is 4.74 Å². The van der Waals surface area contributed by atoms with E-state index >= 15 is 0 Å². The molecule has 3 heteroatoms. The van der Waals surface area contributed by atoms with Crippen molar-refractivity contribution in [3.8, 4) is 0 Å². The van der Waals surface area contributed by atoms with Crippen molar-refractivity contribution in [3.63, 3.8) is 0 Å². The third-order valence-electron chi connectivity index (χ3n) is 3.82. The predicted octanol–water partition coefficient (Wildman–Crippen LogP) is 2.86. The fourth-order valence-corrected chi connectivity index (χ4v) is 2.72. The van der Waals surface area contributed by atoms with Crippen LogP contribution in [0, 0.1) is 12.8 Å². The van der Waals surface area contributed by atoms with Gasteiger partial charge in [-0.2, -0.15) is 0 Å². The third kappa shape index (κ3) is 3.53. The van der Waals surface area contributed by atoms with Crippen molar-refractivity contribution in [3.05, 3.63) is 29.6 Å². The number of aromatic nitrogens is 1. The van der Waals surface area contributed by atoms with E-state index in [1.54, 1.807) is 0 Å². The third-order valence-corrected chi connectivity index (χ3v) is 3.82. The van der Waals surface area contributed by atoms with E-state index in [1.807, 2.05) is 12.4 Å². The molecule has 1 unspecified atom stereocenters. The van der Waals surface area contributed by atoms with Gasteiger partial charge in [0.2, 0.25) is 0 Å². The summed E-state index contributed by atoms with van der Waals surface area (Å²) in [5, 5.41) is 3.61. The molecule has 1 aromatic rings. The molecule has 0 spiro atoms. The summed E-state index contributed by atoms with van der Waals surface area (Å²) in [7, 11) is 0. The molecule has 3 nitrogen and oxygen atoms in total. The Morgan fingerprint density at radius 3 is 2.89 bits per heavy atom. The summed E-state index contributed by atoms with van der Waals surface area (Å²) in [5.74, 6) is 0.780. The standard InChI is InChI=1S/C15H24N2O/c1-3-17-15(10-13-5-8-18-9-6-13)14-11-16-7-4-12(14)2/h4,7,11,13,15,17H,3,5-6,8-10H2,1-2H3. The van der Waals surface area contributed by atoms with Gasteiger partial charge in [-0.05, 0) is 55.8 Å². The lowest BCUT2D eigenvalue weighted by atomic mass is 9.88. The van der Waals surface area contributed by atoms with Gasteiger partial charge in [0.25, 0.3) is 0 Å². The van der Waals surface area contributed by atoms with Crippen LogP contribution in [0.1, 0.15) is 43.4 Å². The van der Waals surface area contributed by atoms with E-state index in [-0.39, 0.29) is 0 Å². The van der Waals surface area contributed by atoms with Crippen molar-refractivity contribution in [2.45, 2.75) is 39.2 Å². The zero-order valence-corrected chi connectivity index (χ0v) is 11.5. The highest BCUT2D eigenvalue weighted by Gasteiger charge is 2.21. The molecular formula is C15H24N2O. The minimum atomic E-state index is 0.437. The summed E-state index contributed by atoms with van der Waals surface area (Å²) in [6.45, 7) is 7.20. The predicted molar refractivity (Wildman–Crippen MR) is 73.6 cm³/mol. The largest absolute Gasteiger partial charge is 0.381 e. The molecule has 2 heterocycles. The molecule has 0 aliphatic carbocycles. The first-order chi connectivity index (χ1) is 8.81. The Morgan fingerprint density at radius 2 is 2.22 bits per heavy atom. The van der Waals surface area contributed by atoms with Crippen LogP contribution in [-0.2, 0) is 4.74 Å². The maximum atomic E-state index is 5.44. The minimum Gasteiger partial charge on any atom is -0.381 e. The van der Waals surface area contributed by atoms with Crippen molar-refractivity contribution in [1.29, 1.82) is 0 Å². The van der Waals surface area contributed by atoms with Gasteiger partial charge >= 0.3 is 0 Å². The number of pyridine rings is 1. The van der Waals surface area contributed by atoms with Gasteiger partial charge in [0.05, 0.1) is 0 Å². The highest BCUT2D eigenvalue weighted by Crippen LogP contribution is 2.28. The second-order valence-electron chi connectivity index (χ2n) is 5.13. The number of hydrogen-bond donors (Lipinski definition) is 1. The van der Waals surface area contributed by atoms with Crippen LogP contribution in [0.15, 0.2) is 18.5 Å². The number of nitrogens with one attached hydrogen (secondary N) is 1. The van der Waals surface area contributed by atoms with E-state index in [2.05, 4.69) is 30.2 Å². The summed E-state index contributed by atoms with van der Waals surface area (Å²) in [5.41, 5.74) is 2.69. The van der Waals surface area contributed by atoms with Crippen molar-refractivity contribution in [2.75, 3.05) is 19.8 Å². The van der Waals surface area contributed by atoms with Crippen molar-refractivity contribution >= 4 is 0 Å². The smallest absolute Gasteiger partial charge is 0.0468 e. The number of nitrogens with zero attached hydrogens (tertiary/aromatic N) is 1. The Morgan fingerprint density at radius 1 is 1.44 bits per heavy atom. The normalized spacial score (nSPS) is 18.8. The van der Waals surface area contributed by atoms with Crippen LogP contribution < -0.4 is 5.32 Å². The highest BCUT2D eigenvalue weighted by molar-refractivity contribution is 5.25. The molecular weight excluding hydrogens is 224 g/mol.